The number of aromatic nitrogens is 4. The van der Waals surface area contributed by atoms with Crippen LogP contribution in [0.25, 0.3) is 11.5 Å². The molecule has 0 unspecified atom stereocenters. The van der Waals surface area contributed by atoms with Crippen LogP contribution in [0.5, 0.6) is 5.88 Å². The summed E-state index contributed by atoms with van der Waals surface area (Å²) < 4.78 is 10.6. The van der Waals surface area contributed by atoms with Crippen LogP contribution >= 0.6 is 0 Å². The molecule has 3 aliphatic rings. The molecule has 0 aliphatic heterocycles. The average Bonchev–Trinajstić information content (AvgIpc) is 3.14. The molecule has 0 saturated heterocycles. The third-order valence-corrected chi connectivity index (χ3v) is 5.79. The first kappa shape index (κ1) is 14.6. The van der Waals surface area contributed by atoms with Crippen LogP contribution in [0.4, 0.5) is 0 Å². The highest BCUT2D eigenvalue weighted by atomic mass is 16.5. The van der Waals surface area contributed by atoms with Gasteiger partial charge in [-0.2, -0.15) is 4.98 Å². The van der Waals surface area contributed by atoms with Crippen molar-refractivity contribution >= 4 is 0 Å². The summed E-state index contributed by atoms with van der Waals surface area (Å²) in [7, 11) is 1.56. The summed E-state index contributed by atoms with van der Waals surface area (Å²) in [4.78, 5) is 4.62. The second-order valence-electron chi connectivity index (χ2n) is 6.87. The van der Waals surface area contributed by atoms with Crippen LogP contribution in [0.3, 0.4) is 0 Å². The van der Waals surface area contributed by atoms with Gasteiger partial charge in [0.2, 0.25) is 17.6 Å². The Kier molecular flexibility index (Phi) is 3.33. The van der Waals surface area contributed by atoms with Crippen molar-refractivity contribution in [1.29, 1.82) is 0 Å². The van der Waals surface area contributed by atoms with Crippen LogP contribution in [0.15, 0.2) is 16.7 Å². The molecule has 0 atom stereocenters. The molecule has 2 aromatic rings. The Bertz CT molecular complexity index is 672. The molecule has 122 valence electrons. The molecule has 2 aromatic heterocycles. The van der Waals surface area contributed by atoms with Crippen molar-refractivity contribution in [2.45, 2.75) is 43.9 Å². The molecule has 2 heterocycles. The maximum Gasteiger partial charge on any atom is 0.233 e. The molecule has 3 aliphatic carbocycles. The van der Waals surface area contributed by atoms with Gasteiger partial charge < -0.3 is 15.0 Å². The molecule has 0 radical (unpaired) electrons. The summed E-state index contributed by atoms with van der Waals surface area (Å²) in [6, 6.07) is 3.53. The molecular formula is C16H21N5O2. The van der Waals surface area contributed by atoms with Crippen molar-refractivity contribution in [3.8, 4) is 17.4 Å². The highest BCUT2D eigenvalue weighted by Gasteiger charge is 2.51. The molecule has 0 aromatic carbocycles. The molecule has 23 heavy (non-hydrogen) atoms. The summed E-state index contributed by atoms with van der Waals surface area (Å²) in [5, 5.41) is 12.1. The van der Waals surface area contributed by atoms with Gasteiger partial charge in [-0.25, -0.2) is 0 Å². The molecule has 7 heteroatoms. The minimum Gasteiger partial charge on any atom is -0.480 e. The van der Waals surface area contributed by atoms with Crippen molar-refractivity contribution in [2.24, 2.45) is 11.1 Å². The van der Waals surface area contributed by atoms with Crippen LogP contribution in [0.2, 0.25) is 0 Å². The molecule has 5 rings (SSSR count). The van der Waals surface area contributed by atoms with E-state index in [4.69, 9.17) is 15.0 Å². The lowest BCUT2D eigenvalue weighted by atomic mass is 9.53. The van der Waals surface area contributed by atoms with E-state index >= 15 is 0 Å². The predicted molar refractivity (Wildman–Crippen MR) is 82.7 cm³/mol. The van der Waals surface area contributed by atoms with Gasteiger partial charge in [-0.1, -0.05) is 5.16 Å². The molecule has 2 bridgehead atoms. The first-order valence-corrected chi connectivity index (χ1v) is 8.11. The zero-order valence-corrected chi connectivity index (χ0v) is 13.3. The van der Waals surface area contributed by atoms with Gasteiger partial charge >= 0.3 is 0 Å². The van der Waals surface area contributed by atoms with Crippen molar-refractivity contribution in [3.05, 3.63) is 18.0 Å². The Morgan fingerprint density at radius 1 is 1.13 bits per heavy atom. The smallest absolute Gasteiger partial charge is 0.233 e. The van der Waals surface area contributed by atoms with Crippen molar-refractivity contribution in [3.63, 3.8) is 0 Å². The van der Waals surface area contributed by atoms with E-state index in [9.17, 15) is 0 Å². The summed E-state index contributed by atoms with van der Waals surface area (Å²) in [5.74, 6) is 1.70. The maximum atomic E-state index is 5.98. The molecule has 3 saturated carbocycles. The van der Waals surface area contributed by atoms with E-state index in [1.807, 2.05) is 0 Å². The monoisotopic (exact) mass is 315 g/mol. The number of nitrogens with two attached hydrogens (primary N) is 1. The Hall–Kier alpha value is -2.02. The van der Waals surface area contributed by atoms with E-state index in [1.54, 1.807) is 19.2 Å². The second-order valence-corrected chi connectivity index (χ2v) is 6.87. The zero-order valence-electron chi connectivity index (χ0n) is 13.3. The first-order valence-electron chi connectivity index (χ1n) is 8.11. The van der Waals surface area contributed by atoms with Gasteiger partial charge in [-0.3, -0.25) is 0 Å². The van der Waals surface area contributed by atoms with E-state index in [-0.39, 0.29) is 5.41 Å². The van der Waals surface area contributed by atoms with Crippen LogP contribution in [0, 0.1) is 5.41 Å². The largest absolute Gasteiger partial charge is 0.480 e. The lowest BCUT2D eigenvalue weighted by Crippen LogP contribution is -2.47. The standard InChI is InChI=1S/C16H21N5O2/c1-22-12-3-2-11(19-20-12)13-18-14(23-21-13)16-7-4-15(10-17,5-8-16)6-9-16/h2-3H,4-10,17H2,1H3/t15-,16+. The van der Waals surface area contributed by atoms with E-state index in [0.29, 0.717) is 22.8 Å². The Morgan fingerprint density at radius 3 is 2.43 bits per heavy atom. The van der Waals surface area contributed by atoms with Crippen molar-refractivity contribution < 1.29 is 9.26 Å². The van der Waals surface area contributed by atoms with E-state index in [2.05, 4.69) is 20.3 Å². The average molecular weight is 315 g/mol. The number of hydrogen-bond acceptors (Lipinski definition) is 7. The van der Waals surface area contributed by atoms with E-state index in [1.165, 1.54) is 0 Å². The molecule has 0 spiro atoms. The van der Waals surface area contributed by atoms with Gasteiger partial charge in [0.05, 0.1) is 7.11 Å². The van der Waals surface area contributed by atoms with Gasteiger partial charge in [0.1, 0.15) is 5.69 Å². The minimum atomic E-state index is 0.0298. The third kappa shape index (κ3) is 2.30. The van der Waals surface area contributed by atoms with E-state index < -0.39 is 0 Å². The zero-order chi connectivity index (χ0) is 15.9. The minimum absolute atomic E-state index is 0.0298. The predicted octanol–water partition coefficient (Wildman–Crippen LogP) is 2.09. The van der Waals surface area contributed by atoms with Crippen molar-refractivity contribution in [2.75, 3.05) is 13.7 Å². The van der Waals surface area contributed by atoms with Crippen LogP contribution in [-0.4, -0.2) is 34.0 Å². The number of hydrogen-bond donors (Lipinski definition) is 1. The quantitative estimate of drug-likeness (QED) is 0.922. The second kappa shape index (κ2) is 5.26. The first-order chi connectivity index (χ1) is 11.2. The number of fused-ring (bicyclic) bond motifs is 3. The van der Waals surface area contributed by atoms with Gasteiger partial charge in [-0.15, -0.1) is 10.2 Å². The van der Waals surface area contributed by atoms with Crippen molar-refractivity contribution in [1.82, 2.24) is 20.3 Å². The lowest BCUT2D eigenvalue weighted by molar-refractivity contribution is 0.0292. The van der Waals surface area contributed by atoms with Crippen LogP contribution < -0.4 is 10.5 Å². The SMILES string of the molecule is COc1ccc(-c2noc([C@]34CC[C@](CN)(CC3)CC4)n2)nn1. The number of nitrogens with zero attached hydrogens (tertiary/aromatic N) is 4. The molecule has 7 nitrogen and oxygen atoms in total. The van der Waals surface area contributed by atoms with Crippen LogP contribution in [-0.2, 0) is 5.41 Å². The number of ether oxygens (including phenoxy) is 1. The molecular weight excluding hydrogens is 294 g/mol. The fraction of sp³-hybridized carbons (Fsp3) is 0.625. The fourth-order valence-electron chi connectivity index (χ4n) is 3.98. The van der Waals surface area contributed by atoms with Crippen LogP contribution in [0.1, 0.15) is 44.4 Å². The summed E-state index contributed by atoms with van der Waals surface area (Å²) in [6.45, 7) is 0.791. The summed E-state index contributed by atoms with van der Waals surface area (Å²) in [5.41, 5.74) is 6.96. The summed E-state index contributed by atoms with van der Waals surface area (Å²) in [6.07, 6.45) is 6.72. The highest BCUT2D eigenvalue weighted by molar-refractivity contribution is 5.47. The number of methoxy groups -OCH3 is 1. The summed E-state index contributed by atoms with van der Waals surface area (Å²) >= 11 is 0. The molecule has 2 N–H and O–H groups in total. The molecule has 0 amide bonds. The van der Waals surface area contributed by atoms with Gasteiger partial charge in [-0.05, 0) is 56.6 Å². The van der Waals surface area contributed by atoms with Gasteiger partial charge in [0.15, 0.2) is 0 Å². The lowest BCUT2D eigenvalue weighted by Gasteiger charge is -2.51. The maximum absolute atomic E-state index is 5.98. The molecule has 3 fully saturated rings. The Labute approximate surface area is 134 Å². The Morgan fingerprint density at radius 2 is 1.87 bits per heavy atom. The fourth-order valence-corrected chi connectivity index (χ4v) is 3.98. The van der Waals surface area contributed by atoms with Gasteiger partial charge in [0.25, 0.3) is 0 Å². The highest BCUT2D eigenvalue weighted by Crippen LogP contribution is 2.57. The van der Waals surface area contributed by atoms with Gasteiger partial charge in [0, 0.05) is 11.5 Å². The number of rotatable bonds is 4. The van der Waals surface area contributed by atoms with E-state index in [0.717, 1.165) is 51.0 Å². The normalized spacial score (nSPS) is 29.7. The third-order valence-electron chi connectivity index (χ3n) is 5.79. The Balaban J connectivity index is 1.58. The topological polar surface area (TPSA) is 100.0 Å².